The van der Waals surface area contributed by atoms with E-state index in [2.05, 4.69) is 21.3 Å². The van der Waals surface area contributed by atoms with Crippen LogP contribution in [0.25, 0.3) is 5.69 Å². The van der Waals surface area contributed by atoms with Crippen molar-refractivity contribution >= 4 is 29.0 Å². The van der Waals surface area contributed by atoms with Crippen LogP contribution in [0.1, 0.15) is 24.1 Å². The molecule has 2 aliphatic heterocycles. The second kappa shape index (κ2) is 7.06. The van der Waals surface area contributed by atoms with E-state index in [1.807, 2.05) is 36.2 Å². The Bertz CT molecular complexity index is 1130. The lowest BCUT2D eigenvalue weighted by Crippen LogP contribution is -2.51. The van der Waals surface area contributed by atoms with Gasteiger partial charge in [-0.05, 0) is 67.8 Å². The van der Waals surface area contributed by atoms with Gasteiger partial charge in [-0.2, -0.15) is 0 Å². The summed E-state index contributed by atoms with van der Waals surface area (Å²) in [5.41, 5.74) is 4.23. The van der Waals surface area contributed by atoms with Gasteiger partial charge in [0.05, 0.1) is 16.9 Å². The minimum atomic E-state index is -0.326. The zero-order valence-corrected chi connectivity index (χ0v) is 17.3. The largest absolute Gasteiger partial charge is 0.372 e. The lowest BCUT2D eigenvalue weighted by Gasteiger charge is -2.46. The van der Waals surface area contributed by atoms with E-state index in [0.29, 0.717) is 18.1 Å². The summed E-state index contributed by atoms with van der Waals surface area (Å²) in [6.45, 7) is 3.12. The number of anilines is 2. The highest BCUT2D eigenvalue weighted by atomic mass is 35.5. The van der Waals surface area contributed by atoms with Crippen molar-refractivity contribution in [3.05, 3.63) is 76.8 Å². The number of halogens is 2. The van der Waals surface area contributed by atoms with Gasteiger partial charge in [0.25, 0.3) is 0 Å². The SMILES string of the molecule is Cc1ccc(Cl)cc1NC(=O)N1CCC2(CC1)Nc1cc(F)ccc1-n1cccc12. The molecule has 30 heavy (non-hydrogen) atoms. The number of carbonyl (C=O) groups is 1. The number of nitrogens with one attached hydrogen (secondary N) is 2. The van der Waals surface area contributed by atoms with E-state index in [-0.39, 0.29) is 17.4 Å². The number of hydrogen-bond donors (Lipinski definition) is 2. The average molecular weight is 425 g/mol. The van der Waals surface area contributed by atoms with Crippen molar-refractivity contribution in [3.63, 3.8) is 0 Å². The predicted molar refractivity (Wildman–Crippen MR) is 117 cm³/mol. The maximum Gasteiger partial charge on any atom is 0.321 e. The van der Waals surface area contributed by atoms with Gasteiger partial charge in [-0.1, -0.05) is 17.7 Å². The van der Waals surface area contributed by atoms with Crippen molar-refractivity contribution < 1.29 is 9.18 Å². The van der Waals surface area contributed by atoms with Crippen LogP contribution in [0.3, 0.4) is 0 Å². The number of carbonyl (C=O) groups excluding carboxylic acids is 1. The molecule has 2 N–H and O–H groups in total. The molecule has 0 radical (unpaired) electrons. The number of fused-ring (bicyclic) bond motifs is 4. The third-order valence-electron chi connectivity index (χ3n) is 6.18. The number of piperidine rings is 1. The summed E-state index contributed by atoms with van der Waals surface area (Å²) in [4.78, 5) is 14.7. The van der Waals surface area contributed by atoms with Crippen molar-refractivity contribution in [2.45, 2.75) is 25.3 Å². The number of likely N-dealkylation sites (tertiary alicyclic amines) is 1. The van der Waals surface area contributed by atoms with E-state index >= 15 is 0 Å². The van der Waals surface area contributed by atoms with Gasteiger partial charge in [0.1, 0.15) is 5.82 Å². The molecular weight excluding hydrogens is 403 g/mol. The third-order valence-corrected chi connectivity index (χ3v) is 6.41. The van der Waals surface area contributed by atoms with E-state index in [4.69, 9.17) is 11.6 Å². The summed E-state index contributed by atoms with van der Waals surface area (Å²) in [7, 11) is 0. The number of hydrogen-bond acceptors (Lipinski definition) is 2. The molecule has 7 heteroatoms. The molecule has 5 nitrogen and oxygen atoms in total. The molecule has 0 saturated carbocycles. The highest BCUT2D eigenvalue weighted by Crippen LogP contribution is 2.43. The van der Waals surface area contributed by atoms with Crippen LogP contribution in [-0.2, 0) is 5.54 Å². The Morgan fingerprint density at radius 2 is 1.97 bits per heavy atom. The number of aryl methyl sites for hydroxylation is 1. The fourth-order valence-corrected chi connectivity index (χ4v) is 4.69. The first-order valence-corrected chi connectivity index (χ1v) is 10.4. The first kappa shape index (κ1) is 19.0. The summed E-state index contributed by atoms with van der Waals surface area (Å²) in [5, 5.41) is 7.15. The lowest BCUT2D eigenvalue weighted by molar-refractivity contribution is 0.174. The number of nitrogens with zero attached hydrogens (tertiary/aromatic N) is 2. The zero-order valence-electron chi connectivity index (χ0n) is 16.6. The lowest BCUT2D eigenvalue weighted by atomic mass is 9.82. The Hall–Kier alpha value is -2.99. The minimum absolute atomic E-state index is 0.132. The monoisotopic (exact) mass is 424 g/mol. The molecule has 0 bridgehead atoms. The van der Waals surface area contributed by atoms with Crippen LogP contribution in [0.5, 0.6) is 0 Å². The summed E-state index contributed by atoms with van der Waals surface area (Å²) in [5.74, 6) is -0.263. The Morgan fingerprint density at radius 1 is 1.17 bits per heavy atom. The molecule has 5 rings (SSSR count). The molecule has 1 aromatic heterocycles. The first-order chi connectivity index (χ1) is 14.4. The molecular formula is C23H22ClFN4O. The maximum atomic E-state index is 13.9. The first-order valence-electron chi connectivity index (χ1n) is 10.0. The van der Waals surface area contributed by atoms with Crippen LogP contribution in [0.15, 0.2) is 54.7 Å². The highest BCUT2D eigenvalue weighted by Gasteiger charge is 2.42. The third kappa shape index (κ3) is 3.12. The van der Waals surface area contributed by atoms with Crippen LogP contribution >= 0.6 is 11.6 Å². The second-order valence-corrected chi connectivity index (χ2v) is 8.44. The highest BCUT2D eigenvalue weighted by molar-refractivity contribution is 6.31. The van der Waals surface area contributed by atoms with Crippen molar-refractivity contribution in [2.75, 3.05) is 23.7 Å². The molecule has 0 aliphatic carbocycles. The van der Waals surface area contributed by atoms with E-state index in [0.717, 1.165) is 41.2 Å². The molecule has 2 aromatic carbocycles. The summed E-state index contributed by atoms with van der Waals surface area (Å²) < 4.78 is 16.0. The Balaban J connectivity index is 1.35. The fraction of sp³-hybridized carbons (Fsp3) is 0.261. The fourth-order valence-electron chi connectivity index (χ4n) is 4.52. The van der Waals surface area contributed by atoms with Gasteiger partial charge in [0.2, 0.25) is 0 Å². The minimum Gasteiger partial charge on any atom is -0.372 e. The van der Waals surface area contributed by atoms with Crippen LogP contribution in [0, 0.1) is 12.7 Å². The number of urea groups is 1. The Labute approximate surface area is 179 Å². The maximum absolute atomic E-state index is 13.9. The van der Waals surface area contributed by atoms with Crippen LogP contribution in [0.4, 0.5) is 20.6 Å². The van der Waals surface area contributed by atoms with Gasteiger partial charge in [-0.25, -0.2) is 9.18 Å². The smallest absolute Gasteiger partial charge is 0.321 e. The van der Waals surface area contributed by atoms with E-state index in [9.17, 15) is 9.18 Å². The molecule has 1 fully saturated rings. The normalized spacial score (nSPS) is 16.6. The molecule has 2 amide bonds. The summed E-state index contributed by atoms with van der Waals surface area (Å²) in [6.07, 6.45) is 3.47. The Kier molecular flexibility index (Phi) is 4.47. The number of benzene rings is 2. The summed E-state index contributed by atoms with van der Waals surface area (Å²) in [6, 6.07) is 14.3. The molecule has 1 saturated heterocycles. The molecule has 2 aliphatic rings. The standard InChI is InChI=1S/C23H22ClFN4O/c1-15-4-5-16(24)13-18(15)26-22(30)28-11-8-23(9-12-28)21-3-2-10-29(21)20-7-6-17(25)14-19(20)27-23/h2-7,10,13-14,27H,8-9,11-12H2,1H3,(H,26,30). The van der Waals surface area contributed by atoms with Gasteiger partial charge in [-0.15, -0.1) is 0 Å². The van der Waals surface area contributed by atoms with Crippen molar-refractivity contribution in [1.82, 2.24) is 9.47 Å². The van der Waals surface area contributed by atoms with E-state index in [1.54, 1.807) is 18.2 Å². The summed E-state index contributed by atoms with van der Waals surface area (Å²) >= 11 is 6.07. The molecule has 0 unspecified atom stereocenters. The number of aromatic nitrogens is 1. The van der Waals surface area contributed by atoms with Crippen molar-refractivity contribution in [2.24, 2.45) is 0 Å². The average Bonchev–Trinajstić information content (AvgIpc) is 3.22. The van der Waals surface area contributed by atoms with Crippen molar-refractivity contribution in [3.8, 4) is 5.69 Å². The van der Waals surface area contributed by atoms with Crippen LogP contribution in [-0.4, -0.2) is 28.6 Å². The van der Waals surface area contributed by atoms with Crippen LogP contribution < -0.4 is 10.6 Å². The van der Waals surface area contributed by atoms with Crippen LogP contribution in [0.2, 0.25) is 5.02 Å². The van der Waals surface area contributed by atoms with Gasteiger partial charge in [-0.3, -0.25) is 0 Å². The second-order valence-electron chi connectivity index (χ2n) is 8.01. The quantitative estimate of drug-likeness (QED) is 0.539. The molecule has 154 valence electrons. The number of amides is 2. The number of rotatable bonds is 1. The van der Waals surface area contributed by atoms with E-state index in [1.165, 1.54) is 6.07 Å². The molecule has 3 aromatic rings. The predicted octanol–water partition coefficient (Wildman–Crippen LogP) is 5.53. The van der Waals surface area contributed by atoms with Crippen molar-refractivity contribution in [1.29, 1.82) is 0 Å². The molecule has 0 atom stereocenters. The molecule has 3 heterocycles. The van der Waals surface area contributed by atoms with Gasteiger partial charge in [0.15, 0.2) is 0 Å². The Morgan fingerprint density at radius 3 is 2.77 bits per heavy atom. The van der Waals surface area contributed by atoms with Gasteiger partial charge in [0, 0.05) is 35.7 Å². The topological polar surface area (TPSA) is 49.3 Å². The zero-order chi connectivity index (χ0) is 20.9. The van der Waals surface area contributed by atoms with Gasteiger partial charge < -0.3 is 20.1 Å². The van der Waals surface area contributed by atoms with E-state index < -0.39 is 0 Å². The molecule has 1 spiro atoms. The van der Waals surface area contributed by atoms with Gasteiger partial charge >= 0.3 is 6.03 Å².